The van der Waals surface area contributed by atoms with E-state index in [1.54, 1.807) is 4.90 Å². The monoisotopic (exact) mass is 565 g/mol. The van der Waals surface area contributed by atoms with E-state index in [-0.39, 0.29) is 17.6 Å². The van der Waals surface area contributed by atoms with Crippen LogP contribution in [0.2, 0.25) is 19.6 Å². The van der Waals surface area contributed by atoms with E-state index in [2.05, 4.69) is 111 Å². The highest BCUT2D eigenvalue weighted by molar-refractivity contribution is 6.83. The Bertz CT molecular complexity index is 1540. The van der Waals surface area contributed by atoms with Crippen LogP contribution in [0, 0.1) is 23.3 Å². The number of aromatic amines is 1. The predicted molar refractivity (Wildman–Crippen MR) is 171 cm³/mol. The Labute approximate surface area is 247 Å². The average molecular weight is 566 g/mol. The number of hydrogen-bond acceptors (Lipinski definition) is 3. The van der Waals surface area contributed by atoms with Crippen LogP contribution >= 0.6 is 0 Å². The molecule has 2 aromatic carbocycles. The number of hydrogen-bond donors (Lipinski definition) is 1. The summed E-state index contributed by atoms with van der Waals surface area (Å²) in [6, 6.07) is 14.9. The third-order valence-electron chi connectivity index (χ3n) is 6.86. The van der Waals surface area contributed by atoms with Gasteiger partial charge in [0.05, 0.1) is 17.9 Å². The predicted octanol–water partition coefficient (Wildman–Crippen LogP) is 8.35. The molecule has 214 valence electrons. The molecule has 0 spiro atoms. The number of aromatic nitrogens is 2. The zero-order valence-corrected chi connectivity index (χ0v) is 27.0. The summed E-state index contributed by atoms with van der Waals surface area (Å²) in [6.07, 6.45) is 3.34. The second-order valence-corrected chi connectivity index (χ2v) is 18.6. The molecule has 1 amide bonds. The van der Waals surface area contributed by atoms with Gasteiger partial charge < -0.3 is 9.72 Å². The standard InChI is InChI=1S/C35H43N3O2Si/c1-34(2,3)28-16-12-15-26(22-28)29-23-27(19-18-25(29)14-10-11-21-41(7,8)9)30-24-36-32(37-30)31-17-13-20-38(31)33(39)40-35(4,5)6/h12,15-16,18-19,22-24,31H,13,17,20H2,1-9H3,(H,36,37). The number of nitrogens with zero attached hydrogens (tertiary/aromatic N) is 2. The minimum atomic E-state index is -1.49. The van der Waals surface area contributed by atoms with Crippen molar-refractivity contribution in [3.8, 4) is 45.7 Å². The molecular weight excluding hydrogens is 522 g/mol. The molecule has 1 aliphatic heterocycles. The summed E-state index contributed by atoms with van der Waals surface area (Å²) in [4.78, 5) is 22.9. The normalized spacial score (nSPS) is 15.5. The quantitative estimate of drug-likeness (QED) is 0.256. The van der Waals surface area contributed by atoms with Crippen LogP contribution < -0.4 is 0 Å². The van der Waals surface area contributed by atoms with E-state index < -0.39 is 13.7 Å². The largest absolute Gasteiger partial charge is 0.444 e. The van der Waals surface area contributed by atoms with E-state index in [4.69, 9.17) is 9.72 Å². The van der Waals surface area contributed by atoms with Crippen molar-refractivity contribution in [1.29, 1.82) is 0 Å². The van der Waals surface area contributed by atoms with Crippen LogP contribution in [0.15, 0.2) is 48.7 Å². The van der Waals surface area contributed by atoms with Crippen molar-refractivity contribution in [2.75, 3.05) is 6.54 Å². The minimum absolute atomic E-state index is 0.0296. The highest BCUT2D eigenvalue weighted by Crippen LogP contribution is 2.35. The van der Waals surface area contributed by atoms with Crippen LogP contribution in [-0.2, 0) is 10.2 Å². The van der Waals surface area contributed by atoms with Crippen molar-refractivity contribution in [2.45, 2.75) is 91.1 Å². The fraction of sp³-hybridized carbons (Fsp3) is 0.429. The summed E-state index contributed by atoms with van der Waals surface area (Å²) in [7, 11) is -1.49. The molecule has 5 nitrogen and oxygen atoms in total. The van der Waals surface area contributed by atoms with Crippen LogP contribution in [0.1, 0.15) is 77.4 Å². The van der Waals surface area contributed by atoms with E-state index in [1.807, 2.05) is 27.0 Å². The SMILES string of the molecule is CC(C)(C)OC(=O)N1CCCC1c1ncc(-c2ccc(C#CC#C[Si](C)(C)C)c(-c3cccc(C(C)(C)C)c3)c2)[nH]1. The van der Waals surface area contributed by atoms with Crippen LogP contribution in [0.25, 0.3) is 22.4 Å². The number of amides is 1. The van der Waals surface area contributed by atoms with Gasteiger partial charge in [-0.3, -0.25) is 4.90 Å². The Morgan fingerprint density at radius 1 is 1.02 bits per heavy atom. The fourth-order valence-electron chi connectivity index (χ4n) is 4.77. The number of carbonyl (C=O) groups excluding carboxylic acids is 1. The summed E-state index contributed by atoms with van der Waals surface area (Å²) in [5.41, 5.74) is 9.13. The second-order valence-electron chi connectivity index (χ2n) is 13.9. The van der Waals surface area contributed by atoms with Crippen molar-refractivity contribution in [3.05, 3.63) is 65.6 Å². The zero-order valence-electron chi connectivity index (χ0n) is 26.0. The molecule has 1 aliphatic rings. The molecule has 1 aromatic heterocycles. The number of imidazole rings is 1. The maximum Gasteiger partial charge on any atom is 0.410 e. The Morgan fingerprint density at radius 2 is 1.78 bits per heavy atom. The van der Waals surface area contributed by atoms with E-state index >= 15 is 0 Å². The molecule has 2 heterocycles. The first-order valence-electron chi connectivity index (χ1n) is 14.4. The van der Waals surface area contributed by atoms with Crippen LogP contribution in [-0.4, -0.2) is 41.2 Å². The van der Waals surface area contributed by atoms with E-state index in [0.717, 1.165) is 46.6 Å². The topological polar surface area (TPSA) is 58.2 Å². The molecule has 1 unspecified atom stereocenters. The molecular formula is C35H43N3O2Si. The minimum Gasteiger partial charge on any atom is -0.444 e. The Hall–Kier alpha value is -3.74. The van der Waals surface area contributed by atoms with Crippen LogP contribution in [0.3, 0.4) is 0 Å². The van der Waals surface area contributed by atoms with Gasteiger partial charge in [-0.25, -0.2) is 9.78 Å². The van der Waals surface area contributed by atoms with Gasteiger partial charge in [0.25, 0.3) is 0 Å². The van der Waals surface area contributed by atoms with Gasteiger partial charge in [0, 0.05) is 17.7 Å². The molecule has 0 aliphatic carbocycles. The Balaban J connectivity index is 1.72. The third kappa shape index (κ3) is 7.93. The lowest BCUT2D eigenvalue weighted by Crippen LogP contribution is -2.36. The average Bonchev–Trinajstić information content (AvgIpc) is 3.55. The molecule has 4 rings (SSSR count). The molecule has 1 saturated heterocycles. The summed E-state index contributed by atoms with van der Waals surface area (Å²) in [5.74, 6) is 10.3. The highest BCUT2D eigenvalue weighted by atomic mass is 28.3. The highest BCUT2D eigenvalue weighted by Gasteiger charge is 2.34. The van der Waals surface area contributed by atoms with Crippen LogP contribution in [0.4, 0.5) is 4.79 Å². The van der Waals surface area contributed by atoms with Gasteiger partial charge in [-0.05, 0) is 79.7 Å². The summed E-state index contributed by atoms with van der Waals surface area (Å²) < 4.78 is 5.66. The third-order valence-corrected chi connectivity index (χ3v) is 7.73. The van der Waals surface area contributed by atoms with Crippen molar-refractivity contribution in [3.63, 3.8) is 0 Å². The van der Waals surface area contributed by atoms with Gasteiger partial charge in [0.1, 0.15) is 19.5 Å². The number of ether oxygens (including phenoxy) is 1. The van der Waals surface area contributed by atoms with E-state index in [0.29, 0.717) is 6.54 Å². The number of benzene rings is 2. The molecule has 41 heavy (non-hydrogen) atoms. The second kappa shape index (κ2) is 11.6. The molecule has 0 saturated carbocycles. The van der Waals surface area contributed by atoms with Gasteiger partial charge in [0.2, 0.25) is 0 Å². The molecule has 1 N–H and O–H groups in total. The molecule has 6 heteroatoms. The molecule has 1 atom stereocenters. The number of rotatable bonds is 3. The Morgan fingerprint density at radius 3 is 2.46 bits per heavy atom. The van der Waals surface area contributed by atoms with E-state index in [1.165, 1.54) is 5.56 Å². The van der Waals surface area contributed by atoms with Gasteiger partial charge in [0.15, 0.2) is 0 Å². The van der Waals surface area contributed by atoms with Crippen molar-refractivity contribution >= 4 is 14.2 Å². The molecule has 1 fully saturated rings. The first kappa shape index (κ1) is 30.2. The van der Waals surface area contributed by atoms with Crippen molar-refractivity contribution < 1.29 is 9.53 Å². The summed E-state index contributed by atoms with van der Waals surface area (Å²) in [5, 5.41) is 0. The lowest BCUT2D eigenvalue weighted by molar-refractivity contribution is 0.0218. The smallest absolute Gasteiger partial charge is 0.410 e. The summed E-state index contributed by atoms with van der Waals surface area (Å²) in [6.45, 7) is 19.7. The molecule has 0 radical (unpaired) electrons. The van der Waals surface area contributed by atoms with Gasteiger partial charge in [-0.2, -0.15) is 0 Å². The van der Waals surface area contributed by atoms with Crippen molar-refractivity contribution in [1.82, 2.24) is 14.9 Å². The lowest BCUT2D eigenvalue weighted by atomic mass is 9.85. The Kier molecular flexibility index (Phi) is 8.57. The first-order chi connectivity index (χ1) is 19.1. The summed E-state index contributed by atoms with van der Waals surface area (Å²) >= 11 is 0. The van der Waals surface area contributed by atoms with Gasteiger partial charge in [-0.1, -0.05) is 76.7 Å². The lowest BCUT2D eigenvalue weighted by Gasteiger charge is -2.27. The van der Waals surface area contributed by atoms with Crippen LogP contribution in [0.5, 0.6) is 0 Å². The number of likely N-dealkylation sites (tertiary alicyclic amines) is 1. The van der Waals surface area contributed by atoms with Gasteiger partial charge in [-0.15, -0.1) is 5.54 Å². The number of carbonyl (C=O) groups is 1. The maximum atomic E-state index is 12.9. The number of nitrogens with one attached hydrogen (secondary N) is 1. The maximum absolute atomic E-state index is 12.9. The molecule has 0 bridgehead atoms. The molecule has 3 aromatic rings. The fourth-order valence-corrected chi connectivity index (χ4v) is 5.21. The van der Waals surface area contributed by atoms with E-state index in [9.17, 15) is 4.79 Å². The van der Waals surface area contributed by atoms with Gasteiger partial charge >= 0.3 is 6.09 Å². The first-order valence-corrected chi connectivity index (χ1v) is 17.9. The number of H-pyrrole nitrogens is 1. The zero-order chi connectivity index (χ0) is 30.0. The van der Waals surface area contributed by atoms with Crippen molar-refractivity contribution in [2.24, 2.45) is 0 Å².